The highest BCUT2D eigenvalue weighted by Gasteiger charge is 2.54. The molecule has 53 heavy (non-hydrogen) atoms. The molecule has 3 atom stereocenters. The molecule has 1 amide bonds. The van der Waals surface area contributed by atoms with E-state index in [1.807, 2.05) is 60.7 Å². The second-order valence-electron chi connectivity index (χ2n) is 12.2. The number of β-lactam (4-membered cyclic amide) rings is 1. The molecule has 11 nitrogen and oxygen atoms in total. The highest BCUT2D eigenvalue weighted by Crippen LogP contribution is 2.46. The molecule has 2 aliphatic rings. The Kier molecular flexibility index (Phi) is 12.3. The summed E-state index contributed by atoms with van der Waals surface area (Å²) in [5, 5.41) is 5.98. The number of ether oxygens (including phenoxy) is 3. The fraction of sp³-hybridized carbons (Fsp3) is 0.282. The van der Waals surface area contributed by atoms with Gasteiger partial charge in [-0.3, -0.25) is 14.5 Å². The van der Waals surface area contributed by atoms with Crippen LogP contribution in [0.2, 0.25) is 0 Å². The average molecular weight is 774 g/mol. The van der Waals surface area contributed by atoms with E-state index in [1.165, 1.54) is 34.9 Å². The lowest BCUT2D eigenvalue weighted by Crippen LogP contribution is -2.62. The molecule has 0 aliphatic carbocycles. The maximum Gasteiger partial charge on any atom is 0.355 e. The van der Waals surface area contributed by atoms with E-state index in [2.05, 4.69) is 10.1 Å². The fourth-order valence-corrected chi connectivity index (χ4v) is 8.17. The number of halogens is 1. The van der Waals surface area contributed by atoms with Gasteiger partial charge >= 0.3 is 11.9 Å². The van der Waals surface area contributed by atoms with Gasteiger partial charge in [0.2, 0.25) is 12.0 Å². The highest BCUT2D eigenvalue weighted by atomic mass is 35.5. The van der Waals surface area contributed by atoms with Gasteiger partial charge < -0.3 is 19.0 Å². The fourth-order valence-electron chi connectivity index (χ4n) is 5.83. The third-order valence-corrected chi connectivity index (χ3v) is 11.1. The van der Waals surface area contributed by atoms with Crippen molar-refractivity contribution in [1.29, 1.82) is 0 Å². The van der Waals surface area contributed by atoms with Gasteiger partial charge in [0.15, 0.2) is 17.6 Å². The molecule has 0 N–H and O–H groups in total. The summed E-state index contributed by atoms with van der Waals surface area (Å²) in [6, 6.07) is 25.7. The number of amides is 1. The maximum atomic E-state index is 13.9. The van der Waals surface area contributed by atoms with Crippen molar-refractivity contribution in [3.8, 4) is 5.75 Å². The predicted octanol–water partition coefficient (Wildman–Crippen LogP) is 6.63. The van der Waals surface area contributed by atoms with Crippen molar-refractivity contribution in [2.45, 2.75) is 44.5 Å². The number of hydrogen-bond donors (Lipinski definition) is 0. The quantitative estimate of drug-likeness (QED) is 0.0426. The Morgan fingerprint density at radius 1 is 1.00 bits per heavy atom. The number of methoxy groups -OCH3 is 1. The summed E-state index contributed by atoms with van der Waals surface area (Å²) < 4.78 is 16.7. The molecular weight excluding hydrogens is 738 g/mol. The molecule has 0 spiro atoms. The number of fused-ring (bicyclic) bond motifs is 1. The van der Waals surface area contributed by atoms with Crippen molar-refractivity contribution in [3.63, 3.8) is 0 Å². The van der Waals surface area contributed by atoms with E-state index < -0.39 is 47.1 Å². The van der Waals surface area contributed by atoms with Crippen LogP contribution in [-0.2, 0) is 40.1 Å². The van der Waals surface area contributed by atoms with Gasteiger partial charge in [-0.15, -0.1) is 34.7 Å². The highest BCUT2D eigenvalue weighted by molar-refractivity contribution is 8.00. The number of hydrogen-bond acceptors (Lipinski definition) is 12. The van der Waals surface area contributed by atoms with Crippen LogP contribution < -0.4 is 4.74 Å². The Bertz CT molecular complexity index is 1980. The van der Waals surface area contributed by atoms with E-state index in [0.717, 1.165) is 16.7 Å². The van der Waals surface area contributed by atoms with E-state index >= 15 is 0 Å². The van der Waals surface area contributed by atoms with Gasteiger partial charge in [0.1, 0.15) is 23.7 Å². The molecule has 2 aliphatic heterocycles. The second-order valence-corrected chi connectivity index (χ2v) is 14.7. The van der Waals surface area contributed by atoms with Gasteiger partial charge in [0, 0.05) is 23.4 Å². The summed E-state index contributed by atoms with van der Waals surface area (Å²) >= 11 is 8.94. The number of Topliss-reactive ketones (excluding diaryl/α,β-unsaturated/α-hetero) is 1. The minimum atomic E-state index is -1.19. The first-order valence-corrected chi connectivity index (χ1v) is 19.2. The Morgan fingerprint density at radius 3 is 2.25 bits per heavy atom. The number of benzene rings is 3. The normalized spacial score (nSPS) is 17.5. The number of thioether (sulfide) groups is 1. The number of oxime groups is 1. The molecule has 1 unspecified atom stereocenters. The first-order valence-electron chi connectivity index (χ1n) is 16.7. The third-order valence-electron chi connectivity index (χ3n) is 8.64. The molecule has 14 heteroatoms. The van der Waals surface area contributed by atoms with Crippen LogP contribution in [0.25, 0.3) is 0 Å². The van der Waals surface area contributed by atoms with Gasteiger partial charge in [0.25, 0.3) is 0 Å². The second kappa shape index (κ2) is 17.2. The van der Waals surface area contributed by atoms with Crippen molar-refractivity contribution in [1.82, 2.24) is 9.88 Å². The van der Waals surface area contributed by atoms with Crippen LogP contribution in [0.3, 0.4) is 0 Å². The SMILES string of the molecule is COc1ccc(COC(=O)C2=C(CCl)CSC3[C@H](CC(=O)/C(=N\O[C@@H](C)C(=O)OC(c4ccccc4)c4ccccc4)c4csc(C)n4)C(=O)N23)cc1. The average Bonchev–Trinajstić information content (AvgIpc) is 3.63. The molecule has 4 aromatic rings. The van der Waals surface area contributed by atoms with Gasteiger partial charge in [-0.05, 0) is 48.2 Å². The van der Waals surface area contributed by atoms with Crippen molar-refractivity contribution < 1.29 is 38.2 Å². The van der Waals surface area contributed by atoms with Crippen LogP contribution in [-0.4, -0.2) is 69.4 Å². The van der Waals surface area contributed by atoms with E-state index in [1.54, 1.807) is 43.7 Å². The van der Waals surface area contributed by atoms with E-state index in [0.29, 0.717) is 22.1 Å². The molecule has 1 fully saturated rings. The third kappa shape index (κ3) is 8.64. The number of thiazole rings is 1. The first kappa shape index (κ1) is 37.8. The van der Waals surface area contributed by atoms with Crippen molar-refractivity contribution in [3.05, 3.63) is 129 Å². The topological polar surface area (TPSA) is 134 Å². The standard InChI is InChI=1S/C39H36ClN3O8S2/c1-23(38(46)50-35(26-10-6-4-7-11-26)27-12-8-5-9-13-27)51-42-33(31-22-52-24(2)41-31)32(44)18-30-36(45)43-34(28(19-40)21-53-37(30)43)39(47)49-20-25-14-16-29(48-3)17-15-25/h4-17,22-23,30,35,37H,18-21H2,1-3H3/b42-33-/t23-,30+,37?/m0/s1. The number of ketones is 1. The molecule has 0 bridgehead atoms. The number of aromatic nitrogens is 1. The smallest absolute Gasteiger partial charge is 0.355 e. The molecule has 0 radical (unpaired) electrons. The summed E-state index contributed by atoms with van der Waals surface area (Å²) in [5.74, 6) is -1.93. The van der Waals surface area contributed by atoms with E-state index in [4.69, 9.17) is 30.6 Å². The van der Waals surface area contributed by atoms with Crippen LogP contribution in [0.4, 0.5) is 0 Å². The molecule has 3 heterocycles. The van der Waals surface area contributed by atoms with Crippen LogP contribution in [0.1, 0.15) is 46.8 Å². The molecule has 1 aromatic heterocycles. The van der Waals surface area contributed by atoms with Gasteiger partial charge in [-0.2, -0.15) is 0 Å². The van der Waals surface area contributed by atoms with E-state index in [-0.39, 0.29) is 36.0 Å². The summed E-state index contributed by atoms with van der Waals surface area (Å²) in [5.41, 5.74) is 3.11. The van der Waals surface area contributed by atoms with Crippen LogP contribution >= 0.6 is 34.7 Å². The number of nitrogens with zero attached hydrogens (tertiary/aromatic N) is 3. The minimum absolute atomic E-state index is 0.0122. The number of rotatable bonds is 15. The largest absolute Gasteiger partial charge is 0.497 e. The molecule has 3 aromatic carbocycles. The Balaban J connectivity index is 1.14. The summed E-state index contributed by atoms with van der Waals surface area (Å²) in [6.07, 6.45) is -2.10. The lowest BCUT2D eigenvalue weighted by Gasteiger charge is -2.49. The molecule has 6 rings (SSSR count). The number of esters is 2. The summed E-state index contributed by atoms with van der Waals surface area (Å²) in [4.78, 5) is 65.6. The zero-order chi connectivity index (χ0) is 37.5. The summed E-state index contributed by atoms with van der Waals surface area (Å²) in [7, 11) is 1.56. The Labute approximate surface area is 319 Å². The Morgan fingerprint density at radius 2 is 1.66 bits per heavy atom. The van der Waals surface area contributed by atoms with Crippen LogP contribution in [0.15, 0.2) is 107 Å². The van der Waals surface area contributed by atoms with Gasteiger partial charge in [-0.25, -0.2) is 14.6 Å². The molecular formula is C39H36ClN3O8S2. The number of alkyl halides is 1. The lowest BCUT2D eigenvalue weighted by molar-refractivity contribution is -0.160. The zero-order valence-electron chi connectivity index (χ0n) is 29.1. The molecule has 1 saturated heterocycles. The van der Waals surface area contributed by atoms with Gasteiger partial charge in [-0.1, -0.05) is 78.0 Å². The predicted molar refractivity (Wildman–Crippen MR) is 201 cm³/mol. The molecule has 0 saturated carbocycles. The number of carbonyl (C=O) groups excluding carboxylic acids is 4. The molecule has 274 valence electrons. The van der Waals surface area contributed by atoms with E-state index in [9.17, 15) is 19.2 Å². The van der Waals surface area contributed by atoms with Gasteiger partial charge in [0.05, 0.1) is 23.4 Å². The van der Waals surface area contributed by atoms with Crippen molar-refractivity contribution in [2.24, 2.45) is 11.1 Å². The number of aryl methyl sites for hydroxylation is 1. The van der Waals surface area contributed by atoms with Crippen LogP contribution in [0, 0.1) is 12.8 Å². The zero-order valence-corrected chi connectivity index (χ0v) is 31.5. The minimum Gasteiger partial charge on any atom is -0.497 e. The Hall–Kier alpha value is -4.98. The maximum absolute atomic E-state index is 13.9. The van der Waals surface area contributed by atoms with Crippen molar-refractivity contribution in [2.75, 3.05) is 18.7 Å². The first-order chi connectivity index (χ1) is 25.7. The number of carbonyl (C=O) groups is 4. The monoisotopic (exact) mass is 773 g/mol. The van der Waals surface area contributed by atoms with Crippen LogP contribution in [0.5, 0.6) is 5.75 Å². The summed E-state index contributed by atoms with van der Waals surface area (Å²) in [6.45, 7) is 3.25. The lowest BCUT2D eigenvalue weighted by atomic mass is 9.89. The van der Waals surface area contributed by atoms with Crippen molar-refractivity contribution >= 4 is 64.0 Å².